The highest BCUT2D eigenvalue weighted by atomic mass is 32.1. The fourth-order valence-corrected chi connectivity index (χ4v) is 4.47. The van der Waals surface area contributed by atoms with Gasteiger partial charge in [-0.15, -0.1) is 0 Å². The van der Waals surface area contributed by atoms with Crippen LogP contribution in [0.25, 0.3) is 11.3 Å². The first-order valence-electron chi connectivity index (χ1n) is 10.7. The third-order valence-corrected chi connectivity index (χ3v) is 6.63. The summed E-state index contributed by atoms with van der Waals surface area (Å²) in [6.07, 6.45) is 10.7. The summed E-state index contributed by atoms with van der Waals surface area (Å²) < 4.78 is 6.94. The largest absolute Gasteiger partial charge is 0.378 e. The minimum absolute atomic E-state index is 0.0810. The number of carbonyl (C=O) groups excluding carboxylic acids is 1. The lowest BCUT2D eigenvalue weighted by molar-refractivity contribution is 0.0306. The minimum atomic E-state index is -0.0938. The van der Waals surface area contributed by atoms with Crippen molar-refractivity contribution in [3.63, 3.8) is 0 Å². The van der Waals surface area contributed by atoms with Gasteiger partial charge in [-0.3, -0.25) is 14.3 Å². The molecule has 0 radical (unpaired) electrons. The van der Waals surface area contributed by atoms with Crippen LogP contribution in [0.3, 0.4) is 0 Å². The second kappa shape index (κ2) is 8.75. The summed E-state index contributed by atoms with van der Waals surface area (Å²) >= 11 is 1.46. The Kier molecular flexibility index (Phi) is 5.68. The van der Waals surface area contributed by atoms with Crippen LogP contribution < -0.4 is 11.0 Å². The maximum atomic E-state index is 12.2. The predicted octanol–water partition coefficient (Wildman–Crippen LogP) is 2.03. The number of carbonyl (C=O) groups is 1. The molecule has 1 amide bonds. The zero-order chi connectivity index (χ0) is 21.2. The fraction of sp³-hybridized carbons (Fsp3) is 0.550. The molecule has 2 N–H and O–H groups in total. The molecule has 3 aromatic heterocycles. The molecule has 0 spiro atoms. The van der Waals surface area contributed by atoms with Crippen molar-refractivity contribution in [1.29, 1.82) is 0 Å². The van der Waals surface area contributed by atoms with Crippen molar-refractivity contribution >= 4 is 33.7 Å². The monoisotopic (exact) mass is 443 g/mol. The normalized spacial score (nSPS) is 18.9. The number of thiazole rings is 1. The van der Waals surface area contributed by atoms with E-state index < -0.39 is 0 Å². The van der Waals surface area contributed by atoms with Gasteiger partial charge in [0.2, 0.25) is 0 Å². The number of aromatic nitrogens is 5. The molecule has 3 aromatic rings. The Morgan fingerprint density at radius 3 is 2.61 bits per heavy atom. The number of nitrogens with one attached hydrogen (secondary N) is 2. The number of H-pyrrole nitrogens is 1. The zero-order valence-corrected chi connectivity index (χ0v) is 17.9. The summed E-state index contributed by atoms with van der Waals surface area (Å²) in [5.74, 6) is 0.0810. The molecule has 3 aliphatic rings. The van der Waals surface area contributed by atoms with Crippen LogP contribution in [-0.2, 0) is 4.74 Å². The molecule has 2 saturated carbocycles. The van der Waals surface area contributed by atoms with E-state index in [1.54, 1.807) is 23.2 Å². The fourth-order valence-electron chi connectivity index (χ4n) is 3.61. The highest BCUT2D eigenvalue weighted by molar-refractivity contribution is 7.17. The van der Waals surface area contributed by atoms with Gasteiger partial charge in [0.15, 0.2) is 16.4 Å². The minimum Gasteiger partial charge on any atom is -0.378 e. The van der Waals surface area contributed by atoms with E-state index in [0.29, 0.717) is 49.7 Å². The maximum Gasteiger partial charge on any atom is 0.329 e. The SMILES string of the molecule is O=C(c1cnc(NC2CCC2)s1)N1CCOCC1.O=c1[nH]c2nccnc2n1C1CC1. The first-order valence-corrected chi connectivity index (χ1v) is 11.5. The van der Waals surface area contributed by atoms with E-state index in [1.165, 1.54) is 30.6 Å². The molecule has 2 aliphatic carbocycles. The van der Waals surface area contributed by atoms with Crippen molar-refractivity contribution in [2.75, 3.05) is 31.6 Å². The van der Waals surface area contributed by atoms with Gasteiger partial charge in [-0.25, -0.2) is 19.7 Å². The average molecular weight is 444 g/mol. The number of fused-ring (bicyclic) bond motifs is 1. The van der Waals surface area contributed by atoms with Crippen LogP contribution in [0.5, 0.6) is 0 Å². The highest BCUT2D eigenvalue weighted by Crippen LogP contribution is 2.34. The molecule has 3 fully saturated rings. The van der Waals surface area contributed by atoms with Crippen LogP contribution in [0.15, 0.2) is 23.4 Å². The lowest BCUT2D eigenvalue weighted by Crippen LogP contribution is -2.40. The molecule has 1 saturated heterocycles. The molecule has 10 nitrogen and oxygen atoms in total. The number of nitrogens with zero attached hydrogens (tertiary/aromatic N) is 5. The number of morpholine rings is 1. The van der Waals surface area contributed by atoms with E-state index in [4.69, 9.17) is 4.74 Å². The van der Waals surface area contributed by atoms with E-state index in [2.05, 4.69) is 25.3 Å². The van der Waals surface area contributed by atoms with Gasteiger partial charge in [-0.1, -0.05) is 11.3 Å². The van der Waals surface area contributed by atoms with Crippen LogP contribution in [0.2, 0.25) is 0 Å². The maximum absolute atomic E-state index is 12.2. The zero-order valence-electron chi connectivity index (χ0n) is 17.1. The number of anilines is 1. The van der Waals surface area contributed by atoms with E-state index in [9.17, 15) is 9.59 Å². The number of amides is 1. The number of imidazole rings is 1. The molecule has 4 heterocycles. The summed E-state index contributed by atoms with van der Waals surface area (Å²) in [6.45, 7) is 2.64. The van der Waals surface area contributed by atoms with Gasteiger partial charge in [-0.2, -0.15) is 0 Å². The van der Waals surface area contributed by atoms with E-state index in [-0.39, 0.29) is 11.6 Å². The topological polar surface area (TPSA) is 118 Å². The lowest BCUT2D eigenvalue weighted by Gasteiger charge is -2.26. The number of aromatic amines is 1. The van der Waals surface area contributed by atoms with Crippen molar-refractivity contribution in [2.24, 2.45) is 0 Å². The van der Waals surface area contributed by atoms with Crippen LogP contribution in [0.4, 0.5) is 5.13 Å². The molecule has 0 bridgehead atoms. The van der Waals surface area contributed by atoms with Crippen LogP contribution in [-0.4, -0.2) is 67.7 Å². The van der Waals surface area contributed by atoms with Gasteiger partial charge in [-0.05, 0) is 32.1 Å². The summed E-state index contributed by atoms with van der Waals surface area (Å²) in [5, 5.41) is 4.24. The quantitative estimate of drug-likeness (QED) is 0.633. The van der Waals surface area contributed by atoms with Gasteiger partial charge in [0.25, 0.3) is 5.91 Å². The summed E-state index contributed by atoms with van der Waals surface area (Å²) in [6, 6.07) is 0.903. The van der Waals surface area contributed by atoms with Crippen molar-refractivity contribution in [1.82, 2.24) is 29.4 Å². The number of ether oxygens (including phenoxy) is 1. The van der Waals surface area contributed by atoms with Crippen molar-refractivity contribution in [3.05, 3.63) is 34.0 Å². The Bertz CT molecular complexity index is 1110. The Morgan fingerprint density at radius 2 is 1.90 bits per heavy atom. The molecular weight excluding hydrogens is 418 g/mol. The highest BCUT2D eigenvalue weighted by Gasteiger charge is 2.28. The Labute approximate surface area is 182 Å². The lowest BCUT2D eigenvalue weighted by atomic mass is 9.93. The first-order chi connectivity index (χ1) is 15.2. The number of rotatable bonds is 4. The molecule has 1 aliphatic heterocycles. The van der Waals surface area contributed by atoms with Gasteiger partial charge < -0.3 is 15.0 Å². The number of hydrogen-bond donors (Lipinski definition) is 2. The van der Waals surface area contributed by atoms with E-state index in [1.807, 2.05) is 4.90 Å². The van der Waals surface area contributed by atoms with Crippen LogP contribution >= 0.6 is 11.3 Å². The molecule has 11 heteroatoms. The standard InChI is InChI=1S/C12H17N3O2S.C8H8N4O/c16-11(15-4-6-17-7-5-15)10-8-13-12(18-10)14-9-2-1-3-9;13-8-11-6-7(10-4-3-9-6)12(8)5-1-2-5/h8-9H,1-7H2,(H,13,14);3-5H,1-2H2,(H,9,11,13). The summed E-state index contributed by atoms with van der Waals surface area (Å²) in [4.78, 5) is 41.3. The second-order valence-corrected chi connectivity index (χ2v) is 9.00. The average Bonchev–Trinajstić information content (AvgIpc) is 3.38. The van der Waals surface area contributed by atoms with Gasteiger partial charge in [0.05, 0.1) is 19.4 Å². The van der Waals surface area contributed by atoms with Crippen molar-refractivity contribution in [3.8, 4) is 0 Å². The van der Waals surface area contributed by atoms with Crippen LogP contribution in [0, 0.1) is 0 Å². The molecule has 0 unspecified atom stereocenters. The van der Waals surface area contributed by atoms with E-state index >= 15 is 0 Å². The van der Waals surface area contributed by atoms with Gasteiger partial charge in [0.1, 0.15) is 4.88 Å². The molecule has 0 atom stereocenters. The Balaban J connectivity index is 0.000000138. The predicted molar refractivity (Wildman–Crippen MR) is 117 cm³/mol. The molecule has 164 valence electrons. The second-order valence-electron chi connectivity index (χ2n) is 7.97. The Morgan fingerprint density at radius 1 is 1.13 bits per heavy atom. The van der Waals surface area contributed by atoms with Gasteiger partial charge in [0, 0.05) is 37.6 Å². The van der Waals surface area contributed by atoms with Crippen molar-refractivity contribution < 1.29 is 9.53 Å². The first kappa shape index (κ1) is 20.1. The third-order valence-electron chi connectivity index (χ3n) is 5.71. The Hall–Kier alpha value is -2.79. The summed E-state index contributed by atoms with van der Waals surface area (Å²) in [5.41, 5.74) is 1.16. The molecule has 6 rings (SSSR count). The van der Waals surface area contributed by atoms with E-state index in [0.717, 1.165) is 22.9 Å². The summed E-state index contributed by atoms with van der Waals surface area (Å²) in [7, 11) is 0. The third kappa shape index (κ3) is 4.47. The number of hydrogen-bond acceptors (Lipinski definition) is 8. The molecular formula is C20H25N7O3S. The molecule has 31 heavy (non-hydrogen) atoms. The van der Waals surface area contributed by atoms with Gasteiger partial charge >= 0.3 is 5.69 Å². The van der Waals surface area contributed by atoms with Crippen LogP contribution in [0.1, 0.15) is 47.8 Å². The smallest absolute Gasteiger partial charge is 0.329 e. The molecule has 0 aromatic carbocycles. The van der Waals surface area contributed by atoms with Crippen molar-refractivity contribution in [2.45, 2.75) is 44.2 Å².